The van der Waals surface area contributed by atoms with Gasteiger partial charge in [0, 0.05) is 35.7 Å². The minimum atomic E-state index is -0.523. The van der Waals surface area contributed by atoms with Crippen molar-refractivity contribution in [2.75, 3.05) is 5.32 Å². The summed E-state index contributed by atoms with van der Waals surface area (Å²) in [6.07, 6.45) is 1.74. The first-order valence-electron chi connectivity index (χ1n) is 7.04. The summed E-state index contributed by atoms with van der Waals surface area (Å²) in [5.41, 5.74) is 0.950. The van der Waals surface area contributed by atoms with Crippen molar-refractivity contribution in [2.45, 2.75) is 26.4 Å². The molecule has 3 rings (SSSR count). The van der Waals surface area contributed by atoms with E-state index in [2.05, 4.69) is 5.32 Å². The molecule has 0 radical (unpaired) electrons. The molecule has 0 aliphatic heterocycles. The van der Waals surface area contributed by atoms with E-state index in [1.54, 1.807) is 18.2 Å². The van der Waals surface area contributed by atoms with Gasteiger partial charge in [0.1, 0.15) is 12.2 Å². The number of benzene rings is 1. The van der Waals surface area contributed by atoms with E-state index in [1.807, 2.05) is 0 Å². The molecule has 1 aromatic carbocycles. The van der Waals surface area contributed by atoms with Gasteiger partial charge in [-0.05, 0) is 25.0 Å². The maximum absolute atomic E-state index is 11.6. The maximum Gasteiger partial charge on any atom is 0.336 e. The fraction of sp³-hybridized carbons (Fsp3) is 0.312. The largest absolute Gasteiger partial charge is 0.461 e. The van der Waals surface area contributed by atoms with E-state index in [1.165, 1.54) is 13.0 Å². The van der Waals surface area contributed by atoms with Crippen molar-refractivity contribution >= 4 is 28.5 Å². The molecule has 6 heteroatoms. The zero-order chi connectivity index (χ0) is 15.7. The Bertz CT molecular complexity index is 804. The highest BCUT2D eigenvalue weighted by atomic mass is 16.5. The molecule has 1 N–H and O–H groups in total. The topological polar surface area (TPSA) is 85.6 Å². The lowest BCUT2D eigenvalue weighted by Gasteiger charge is -2.08. The molecule has 1 saturated carbocycles. The summed E-state index contributed by atoms with van der Waals surface area (Å²) < 4.78 is 10.4. The fourth-order valence-electron chi connectivity index (χ4n) is 2.22. The molecular formula is C16H15NO5. The van der Waals surface area contributed by atoms with Gasteiger partial charge < -0.3 is 14.5 Å². The van der Waals surface area contributed by atoms with Crippen LogP contribution in [0.25, 0.3) is 11.0 Å². The monoisotopic (exact) mass is 301 g/mol. The molecule has 1 aliphatic carbocycles. The Hall–Kier alpha value is -2.63. The summed E-state index contributed by atoms with van der Waals surface area (Å²) in [5.74, 6) is -0.426. The Morgan fingerprint density at radius 3 is 2.77 bits per heavy atom. The van der Waals surface area contributed by atoms with Gasteiger partial charge in [0.25, 0.3) is 0 Å². The standard InChI is InChI=1S/C16H15NO5/c1-9(18)17-12-4-5-13-11(6-15(19)22-14(13)7-12)8-21-16(20)10-2-3-10/h4-7,10H,2-3,8H2,1H3,(H,17,18). The van der Waals surface area contributed by atoms with Gasteiger partial charge in [-0.2, -0.15) is 0 Å². The van der Waals surface area contributed by atoms with Crippen molar-refractivity contribution in [3.8, 4) is 0 Å². The minimum Gasteiger partial charge on any atom is -0.461 e. The minimum absolute atomic E-state index is 0.0118. The predicted molar refractivity (Wildman–Crippen MR) is 79.3 cm³/mol. The van der Waals surface area contributed by atoms with Crippen LogP contribution in [0.5, 0.6) is 0 Å². The summed E-state index contributed by atoms with van der Waals surface area (Å²) in [6.45, 7) is 1.44. The normalized spacial score (nSPS) is 13.9. The van der Waals surface area contributed by atoms with Gasteiger partial charge in [0.2, 0.25) is 5.91 Å². The van der Waals surface area contributed by atoms with Crippen LogP contribution in [-0.4, -0.2) is 11.9 Å². The molecular weight excluding hydrogens is 286 g/mol. The molecule has 0 unspecified atom stereocenters. The first-order chi connectivity index (χ1) is 10.5. The van der Waals surface area contributed by atoms with E-state index in [4.69, 9.17) is 9.15 Å². The van der Waals surface area contributed by atoms with Crippen LogP contribution in [0.1, 0.15) is 25.3 Å². The molecule has 1 aliphatic rings. The molecule has 1 fully saturated rings. The van der Waals surface area contributed by atoms with Gasteiger partial charge in [0.15, 0.2) is 0 Å². The lowest BCUT2D eigenvalue weighted by Crippen LogP contribution is -2.09. The van der Waals surface area contributed by atoms with Crippen molar-refractivity contribution in [3.05, 3.63) is 40.2 Å². The van der Waals surface area contributed by atoms with Gasteiger partial charge in [-0.1, -0.05) is 0 Å². The van der Waals surface area contributed by atoms with E-state index >= 15 is 0 Å². The molecule has 0 spiro atoms. The van der Waals surface area contributed by atoms with Crippen LogP contribution in [0, 0.1) is 5.92 Å². The second kappa shape index (κ2) is 5.63. The molecule has 114 valence electrons. The second-order valence-corrected chi connectivity index (χ2v) is 5.36. The van der Waals surface area contributed by atoms with Crippen molar-refractivity contribution in [1.29, 1.82) is 0 Å². The van der Waals surface area contributed by atoms with Crippen LogP contribution < -0.4 is 10.9 Å². The summed E-state index contributed by atoms with van der Waals surface area (Å²) >= 11 is 0. The van der Waals surface area contributed by atoms with E-state index in [0.717, 1.165) is 12.8 Å². The number of nitrogens with one attached hydrogen (secondary N) is 1. The average Bonchev–Trinajstić information content (AvgIpc) is 3.27. The molecule has 0 atom stereocenters. The number of rotatable bonds is 4. The molecule has 1 amide bonds. The average molecular weight is 301 g/mol. The number of esters is 1. The summed E-state index contributed by atoms with van der Waals surface area (Å²) in [4.78, 5) is 34.3. The third-order valence-electron chi connectivity index (χ3n) is 3.43. The summed E-state index contributed by atoms with van der Waals surface area (Å²) in [7, 11) is 0. The zero-order valence-corrected chi connectivity index (χ0v) is 12.0. The lowest BCUT2D eigenvalue weighted by atomic mass is 10.1. The van der Waals surface area contributed by atoms with Crippen LogP contribution in [0.15, 0.2) is 33.5 Å². The highest BCUT2D eigenvalue weighted by Crippen LogP contribution is 2.30. The van der Waals surface area contributed by atoms with Gasteiger partial charge >= 0.3 is 11.6 Å². The van der Waals surface area contributed by atoms with Gasteiger partial charge in [-0.25, -0.2) is 4.79 Å². The molecule has 2 aromatic rings. The molecule has 1 heterocycles. The number of anilines is 1. The first-order valence-corrected chi connectivity index (χ1v) is 7.04. The Kier molecular flexibility index (Phi) is 3.66. The number of carbonyl (C=O) groups is 2. The zero-order valence-electron chi connectivity index (χ0n) is 12.0. The highest BCUT2D eigenvalue weighted by molar-refractivity contribution is 5.92. The van der Waals surface area contributed by atoms with E-state index in [9.17, 15) is 14.4 Å². The van der Waals surface area contributed by atoms with Crippen molar-refractivity contribution in [2.24, 2.45) is 5.92 Å². The Morgan fingerprint density at radius 1 is 1.32 bits per heavy atom. The molecule has 1 aromatic heterocycles. The number of carbonyl (C=O) groups excluding carboxylic acids is 2. The summed E-state index contributed by atoms with van der Waals surface area (Å²) in [6, 6.07) is 6.32. The Balaban J connectivity index is 1.90. The molecule has 0 saturated heterocycles. The van der Waals surface area contributed by atoms with Gasteiger partial charge in [-0.3, -0.25) is 9.59 Å². The quantitative estimate of drug-likeness (QED) is 0.691. The summed E-state index contributed by atoms with van der Waals surface area (Å²) in [5, 5.41) is 3.30. The molecule has 0 bridgehead atoms. The fourth-order valence-corrected chi connectivity index (χ4v) is 2.22. The lowest BCUT2D eigenvalue weighted by molar-refractivity contribution is -0.146. The SMILES string of the molecule is CC(=O)Nc1ccc2c(COC(=O)C3CC3)cc(=O)oc2c1. The number of hydrogen-bond acceptors (Lipinski definition) is 5. The van der Waals surface area contributed by atoms with Crippen LogP contribution in [-0.2, 0) is 20.9 Å². The van der Waals surface area contributed by atoms with Crippen LogP contribution in [0.3, 0.4) is 0 Å². The second-order valence-electron chi connectivity index (χ2n) is 5.36. The third kappa shape index (κ3) is 3.16. The van der Waals surface area contributed by atoms with E-state index < -0.39 is 5.63 Å². The van der Waals surface area contributed by atoms with Gasteiger partial charge in [0.05, 0.1) is 5.92 Å². The van der Waals surface area contributed by atoms with Crippen LogP contribution >= 0.6 is 0 Å². The first kappa shape index (κ1) is 14.3. The smallest absolute Gasteiger partial charge is 0.336 e. The van der Waals surface area contributed by atoms with Crippen LogP contribution in [0.2, 0.25) is 0 Å². The molecule has 22 heavy (non-hydrogen) atoms. The number of hydrogen-bond donors (Lipinski definition) is 1. The predicted octanol–water partition coefficient (Wildman–Crippen LogP) is 2.20. The van der Waals surface area contributed by atoms with E-state index in [0.29, 0.717) is 22.2 Å². The van der Waals surface area contributed by atoms with Crippen molar-refractivity contribution in [3.63, 3.8) is 0 Å². The van der Waals surface area contributed by atoms with Crippen molar-refractivity contribution in [1.82, 2.24) is 0 Å². The van der Waals surface area contributed by atoms with Crippen molar-refractivity contribution < 1.29 is 18.7 Å². The maximum atomic E-state index is 11.6. The molecule has 6 nitrogen and oxygen atoms in total. The third-order valence-corrected chi connectivity index (χ3v) is 3.43. The highest BCUT2D eigenvalue weighted by Gasteiger charge is 2.31. The number of amides is 1. The number of ether oxygens (including phenoxy) is 1. The van der Waals surface area contributed by atoms with E-state index in [-0.39, 0.29) is 24.4 Å². The Labute approximate surface area is 126 Å². The van der Waals surface area contributed by atoms with Gasteiger partial charge in [-0.15, -0.1) is 0 Å². The number of fused-ring (bicyclic) bond motifs is 1. The van der Waals surface area contributed by atoms with Crippen LogP contribution in [0.4, 0.5) is 5.69 Å². The Morgan fingerprint density at radius 2 is 2.09 bits per heavy atom.